The Morgan fingerprint density at radius 1 is 0.903 bits per heavy atom. The average molecular weight is 419 g/mol. The minimum absolute atomic E-state index is 0.0241. The second-order valence-electron chi connectivity index (χ2n) is 7.44. The van der Waals surface area contributed by atoms with Crippen LogP contribution in [0.25, 0.3) is 0 Å². The van der Waals surface area contributed by atoms with E-state index in [2.05, 4.69) is 15.3 Å². The Morgan fingerprint density at radius 2 is 1.61 bits per heavy atom. The fourth-order valence-electron chi connectivity index (χ4n) is 4.01. The lowest BCUT2D eigenvalue weighted by molar-refractivity contribution is 0.0961. The number of aryl methyl sites for hydroxylation is 1. The number of nitrogens with zero attached hydrogens (tertiary/aromatic N) is 2. The third-order valence-electron chi connectivity index (χ3n) is 5.54. The molecule has 0 spiro atoms. The number of Topliss-reactive ketones (excluding diaryl/α,β-unsaturated/α-hetero) is 1. The number of benzene rings is 2. The number of fused-ring (bicyclic) bond motifs is 1. The Balaban J connectivity index is 1.65. The van der Waals surface area contributed by atoms with Crippen molar-refractivity contribution in [2.75, 3.05) is 26.6 Å². The molecular weight excluding hydrogens is 394 g/mol. The molecule has 0 saturated carbocycles. The zero-order valence-corrected chi connectivity index (χ0v) is 18.1. The molecule has 0 aliphatic heterocycles. The molecule has 0 bridgehead atoms. The summed E-state index contributed by atoms with van der Waals surface area (Å²) in [5, 5.41) is 3.22. The van der Waals surface area contributed by atoms with Crippen LogP contribution in [0.3, 0.4) is 0 Å². The van der Waals surface area contributed by atoms with E-state index in [1.165, 1.54) is 0 Å². The van der Waals surface area contributed by atoms with Crippen molar-refractivity contribution in [2.45, 2.75) is 25.7 Å². The molecule has 1 aliphatic carbocycles. The van der Waals surface area contributed by atoms with Crippen LogP contribution >= 0.6 is 0 Å². The van der Waals surface area contributed by atoms with Crippen LogP contribution in [0.2, 0.25) is 0 Å². The van der Waals surface area contributed by atoms with E-state index >= 15 is 0 Å². The summed E-state index contributed by atoms with van der Waals surface area (Å²) in [6, 6.07) is 13.2. The standard InChI is InChI=1S/C24H25N3O4/c1-14-23-20(27-24(25-14)26-16-5-7-17(29-2)8-6-16)11-15(12-21(23)28)19-10-9-18(30-3)13-22(19)31-4/h5-10,13,15H,11-12H2,1-4H3,(H,25,26,27)/t15-/m0/s1. The number of nitrogens with one attached hydrogen (secondary N) is 1. The van der Waals surface area contributed by atoms with Crippen molar-refractivity contribution in [1.82, 2.24) is 9.97 Å². The molecule has 0 unspecified atom stereocenters. The van der Waals surface area contributed by atoms with Crippen LogP contribution in [0.15, 0.2) is 42.5 Å². The quantitative estimate of drug-likeness (QED) is 0.631. The fraction of sp³-hybridized carbons (Fsp3) is 0.292. The van der Waals surface area contributed by atoms with Crippen LogP contribution < -0.4 is 19.5 Å². The normalized spacial score (nSPS) is 15.2. The van der Waals surface area contributed by atoms with Gasteiger partial charge in [0.05, 0.1) is 38.3 Å². The van der Waals surface area contributed by atoms with E-state index in [1.54, 1.807) is 21.3 Å². The molecule has 0 saturated heterocycles. The SMILES string of the molecule is COc1ccc(Nc2nc(C)c3c(n2)C[C@H](c2ccc(OC)cc2OC)CC3=O)cc1. The second-order valence-corrected chi connectivity index (χ2v) is 7.44. The molecule has 7 nitrogen and oxygen atoms in total. The van der Waals surface area contributed by atoms with E-state index in [4.69, 9.17) is 14.2 Å². The molecule has 3 aromatic rings. The van der Waals surface area contributed by atoms with Crippen LogP contribution in [-0.4, -0.2) is 37.1 Å². The molecule has 31 heavy (non-hydrogen) atoms. The van der Waals surface area contributed by atoms with E-state index in [-0.39, 0.29) is 11.7 Å². The first kappa shape index (κ1) is 20.7. The number of anilines is 2. The third-order valence-corrected chi connectivity index (χ3v) is 5.54. The lowest BCUT2D eigenvalue weighted by atomic mass is 9.81. The van der Waals surface area contributed by atoms with Crippen molar-refractivity contribution < 1.29 is 19.0 Å². The van der Waals surface area contributed by atoms with Crippen molar-refractivity contribution in [2.24, 2.45) is 0 Å². The van der Waals surface area contributed by atoms with Gasteiger partial charge < -0.3 is 19.5 Å². The van der Waals surface area contributed by atoms with Crippen LogP contribution in [0.4, 0.5) is 11.6 Å². The highest BCUT2D eigenvalue weighted by atomic mass is 16.5. The maximum Gasteiger partial charge on any atom is 0.227 e. The fourth-order valence-corrected chi connectivity index (χ4v) is 4.01. The smallest absolute Gasteiger partial charge is 0.227 e. The summed E-state index contributed by atoms with van der Waals surface area (Å²) in [6.45, 7) is 1.85. The van der Waals surface area contributed by atoms with Crippen molar-refractivity contribution in [3.63, 3.8) is 0 Å². The molecule has 1 aliphatic rings. The lowest BCUT2D eigenvalue weighted by Gasteiger charge is -2.26. The predicted octanol–water partition coefficient (Wildman–Crippen LogP) is 4.47. The maximum absolute atomic E-state index is 13.0. The van der Waals surface area contributed by atoms with Gasteiger partial charge in [-0.2, -0.15) is 0 Å². The average Bonchev–Trinajstić information content (AvgIpc) is 2.78. The van der Waals surface area contributed by atoms with Gasteiger partial charge in [-0.25, -0.2) is 9.97 Å². The monoisotopic (exact) mass is 419 g/mol. The Morgan fingerprint density at radius 3 is 2.29 bits per heavy atom. The van der Waals surface area contributed by atoms with Gasteiger partial charge in [0.25, 0.3) is 0 Å². The van der Waals surface area contributed by atoms with Gasteiger partial charge in [0, 0.05) is 24.1 Å². The van der Waals surface area contributed by atoms with Gasteiger partial charge in [0.1, 0.15) is 17.2 Å². The predicted molar refractivity (Wildman–Crippen MR) is 118 cm³/mol. The molecule has 1 N–H and O–H groups in total. The summed E-state index contributed by atoms with van der Waals surface area (Å²) < 4.78 is 16.1. The summed E-state index contributed by atoms with van der Waals surface area (Å²) in [6.07, 6.45) is 1.02. The molecule has 160 valence electrons. The highest BCUT2D eigenvalue weighted by Crippen LogP contribution is 2.39. The Labute approximate surface area is 181 Å². The van der Waals surface area contributed by atoms with Crippen molar-refractivity contribution in [3.05, 3.63) is 65.0 Å². The van der Waals surface area contributed by atoms with Gasteiger partial charge in [-0.05, 0) is 49.2 Å². The molecule has 0 radical (unpaired) electrons. The number of aromatic nitrogens is 2. The number of hydrogen-bond donors (Lipinski definition) is 1. The number of ether oxygens (including phenoxy) is 3. The van der Waals surface area contributed by atoms with Gasteiger partial charge >= 0.3 is 0 Å². The maximum atomic E-state index is 13.0. The Bertz CT molecular complexity index is 1110. The molecule has 1 aromatic heterocycles. The highest BCUT2D eigenvalue weighted by molar-refractivity contribution is 6.00. The third kappa shape index (κ3) is 4.17. The number of carbonyl (C=O) groups excluding carboxylic acids is 1. The number of hydrogen-bond acceptors (Lipinski definition) is 7. The topological polar surface area (TPSA) is 82.6 Å². The first-order chi connectivity index (χ1) is 15.0. The number of methoxy groups -OCH3 is 3. The van der Waals surface area contributed by atoms with E-state index < -0.39 is 0 Å². The molecule has 2 aromatic carbocycles. The zero-order chi connectivity index (χ0) is 22.0. The highest BCUT2D eigenvalue weighted by Gasteiger charge is 2.31. The molecule has 0 fully saturated rings. The summed E-state index contributed by atoms with van der Waals surface area (Å²) in [5.74, 6) is 2.70. The molecule has 7 heteroatoms. The minimum atomic E-state index is -0.0241. The van der Waals surface area contributed by atoms with E-state index in [0.29, 0.717) is 41.5 Å². The number of carbonyl (C=O) groups is 1. The van der Waals surface area contributed by atoms with E-state index in [0.717, 1.165) is 22.7 Å². The van der Waals surface area contributed by atoms with Gasteiger partial charge in [-0.3, -0.25) is 4.79 Å². The summed E-state index contributed by atoms with van der Waals surface area (Å²) in [5.41, 5.74) is 3.89. The van der Waals surface area contributed by atoms with E-state index in [9.17, 15) is 4.79 Å². The van der Waals surface area contributed by atoms with Gasteiger partial charge in [-0.15, -0.1) is 0 Å². The summed E-state index contributed by atoms with van der Waals surface area (Å²) in [4.78, 5) is 22.2. The van der Waals surface area contributed by atoms with Crippen LogP contribution in [0, 0.1) is 6.92 Å². The minimum Gasteiger partial charge on any atom is -0.497 e. The van der Waals surface area contributed by atoms with E-state index in [1.807, 2.05) is 49.4 Å². The Kier molecular flexibility index (Phi) is 5.75. The zero-order valence-electron chi connectivity index (χ0n) is 18.1. The first-order valence-corrected chi connectivity index (χ1v) is 10.1. The van der Waals surface area contributed by atoms with Crippen LogP contribution in [-0.2, 0) is 6.42 Å². The van der Waals surface area contributed by atoms with Crippen molar-refractivity contribution in [1.29, 1.82) is 0 Å². The Hall–Kier alpha value is -3.61. The molecule has 1 atom stereocenters. The van der Waals surface area contributed by atoms with Gasteiger partial charge in [-0.1, -0.05) is 6.07 Å². The summed E-state index contributed by atoms with van der Waals surface area (Å²) >= 11 is 0. The summed E-state index contributed by atoms with van der Waals surface area (Å²) in [7, 11) is 4.87. The largest absolute Gasteiger partial charge is 0.497 e. The van der Waals surface area contributed by atoms with Crippen molar-refractivity contribution >= 4 is 17.4 Å². The second kappa shape index (κ2) is 8.63. The number of rotatable bonds is 6. The molecule has 0 amide bonds. The van der Waals surface area contributed by atoms with Crippen LogP contribution in [0.1, 0.15) is 39.6 Å². The van der Waals surface area contributed by atoms with Crippen molar-refractivity contribution in [3.8, 4) is 17.2 Å². The number of ketones is 1. The molecule has 4 rings (SSSR count). The van der Waals surface area contributed by atoms with Gasteiger partial charge in [0.2, 0.25) is 5.95 Å². The van der Waals surface area contributed by atoms with Crippen LogP contribution in [0.5, 0.6) is 17.2 Å². The lowest BCUT2D eigenvalue weighted by Crippen LogP contribution is -2.23. The van der Waals surface area contributed by atoms with Gasteiger partial charge in [0.15, 0.2) is 5.78 Å². The molecular formula is C24H25N3O4. The molecule has 1 heterocycles. The first-order valence-electron chi connectivity index (χ1n) is 10.1.